The number of aromatic hydroxyl groups is 1. The van der Waals surface area contributed by atoms with Crippen molar-refractivity contribution >= 4 is 29.9 Å². The van der Waals surface area contributed by atoms with Crippen molar-refractivity contribution < 1.29 is 24.2 Å². The summed E-state index contributed by atoms with van der Waals surface area (Å²) in [6.45, 7) is -0.578. The van der Waals surface area contributed by atoms with Crippen LogP contribution in [0.4, 0.5) is 4.39 Å². The first-order chi connectivity index (χ1) is 12.5. The molecule has 0 saturated heterocycles. The molecule has 0 spiro atoms. The molecule has 0 radical (unpaired) electrons. The van der Waals surface area contributed by atoms with Crippen molar-refractivity contribution in [3.63, 3.8) is 0 Å². The molecular weight excluding hydrogens is 379 g/mol. The van der Waals surface area contributed by atoms with Crippen LogP contribution in [0, 0.1) is 5.82 Å². The molecule has 0 aliphatic carbocycles. The number of aromatic nitrogens is 3. The number of fused-ring (bicyclic) bond motifs is 1. The summed E-state index contributed by atoms with van der Waals surface area (Å²) in [5.74, 6) is -2.59. The number of carboxylic acids is 1. The highest BCUT2D eigenvalue weighted by molar-refractivity contribution is 6.03. The van der Waals surface area contributed by atoms with Crippen molar-refractivity contribution in [1.29, 1.82) is 0 Å². The molecule has 27 heavy (non-hydrogen) atoms. The quantitative estimate of drug-likeness (QED) is 0.584. The van der Waals surface area contributed by atoms with Crippen molar-refractivity contribution in [3.8, 4) is 5.75 Å². The lowest BCUT2D eigenvalue weighted by Gasteiger charge is -2.10. The third kappa shape index (κ3) is 4.50. The Hall–Kier alpha value is -3.20. The molecule has 0 saturated carbocycles. The van der Waals surface area contributed by atoms with Crippen LogP contribution in [0.5, 0.6) is 5.75 Å². The molecule has 0 unspecified atom stereocenters. The van der Waals surface area contributed by atoms with Crippen LogP contribution in [0.15, 0.2) is 36.7 Å². The fraction of sp³-hybridized carbons (Fsp3) is 0.176. The summed E-state index contributed by atoms with van der Waals surface area (Å²) in [5, 5.41) is 25.1. The van der Waals surface area contributed by atoms with Gasteiger partial charge in [0.05, 0.1) is 0 Å². The van der Waals surface area contributed by atoms with Crippen LogP contribution >= 0.6 is 12.4 Å². The number of nitrogens with zero attached hydrogens (tertiary/aromatic N) is 3. The van der Waals surface area contributed by atoms with Gasteiger partial charge in [0, 0.05) is 11.8 Å². The molecule has 2 aromatic heterocycles. The molecule has 2 heterocycles. The minimum Gasteiger partial charge on any atom is -0.507 e. The van der Waals surface area contributed by atoms with Crippen LogP contribution in [0.1, 0.15) is 21.6 Å². The van der Waals surface area contributed by atoms with E-state index in [-0.39, 0.29) is 35.2 Å². The largest absolute Gasteiger partial charge is 0.507 e. The maximum absolute atomic E-state index is 13.0. The monoisotopic (exact) mass is 394 g/mol. The molecule has 3 rings (SSSR count). The molecule has 1 aromatic carbocycles. The van der Waals surface area contributed by atoms with Crippen molar-refractivity contribution in [1.82, 2.24) is 19.9 Å². The molecule has 142 valence electrons. The van der Waals surface area contributed by atoms with Gasteiger partial charge in [-0.1, -0.05) is 12.1 Å². The van der Waals surface area contributed by atoms with Gasteiger partial charge in [-0.3, -0.25) is 9.59 Å². The number of rotatable bonds is 6. The smallest absolute Gasteiger partial charge is 0.322 e. The van der Waals surface area contributed by atoms with E-state index in [1.165, 1.54) is 29.0 Å². The second kappa shape index (κ2) is 8.45. The first-order valence-electron chi connectivity index (χ1n) is 7.74. The molecule has 1 amide bonds. The van der Waals surface area contributed by atoms with Gasteiger partial charge in [-0.2, -0.15) is 5.10 Å². The van der Waals surface area contributed by atoms with Gasteiger partial charge in [-0.15, -0.1) is 12.4 Å². The molecule has 8 nitrogen and oxygen atoms in total. The van der Waals surface area contributed by atoms with Gasteiger partial charge in [0.1, 0.15) is 30.0 Å². The third-order valence-corrected chi connectivity index (χ3v) is 3.81. The first-order valence-corrected chi connectivity index (χ1v) is 7.74. The third-order valence-electron chi connectivity index (χ3n) is 3.81. The van der Waals surface area contributed by atoms with Gasteiger partial charge in [-0.05, 0) is 30.5 Å². The molecule has 10 heteroatoms. The van der Waals surface area contributed by atoms with Crippen LogP contribution in [0.25, 0.3) is 5.65 Å². The highest BCUT2D eigenvalue weighted by atomic mass is 35.5. The van der Waals surface area contributed by atoms with E-state index in [0.29, 0.717) is 18.5 Å². The molecule has 3 N–H and O–H groups in total. The minimum atomic E-state index is -1.20. The van der Waals surface area contributed by atoms with Gasteiger partial charge in [0.15, 0.2) is 5.65 Å². The van der Waals surface area contributed by atoms with Gasteiger partial charge in [0.25, 0.3) is 5.91 Å². The summed E-state index contributed by atoms with van der Waals surface area (Å²) >= 11 is 0. The number of halogens is 2. The molecule has 0 atom stereocenters. The summed E-state index contributed by atoms with van der Waals surface area (Å²) in [6.07, 6.45) is 2.28. The molecule has 0 fully saturated rings. The van der Waals surface area contributed by atoms with Crippen molar-refractivity contribution in [3.05, 3.63) is 59.3 Å². The average molecular weight is 395 g/mol. The molecular formula is C17H16ClFN4O4. The SMILES string of the molecule is Cl.O=C(O)CNC(=O)c1c(O)cc(CCc2ccc(F)cc2)n2ncnc12. The Morgan fingerprint density at radius 1 is 1.19 bits per heavy atom. The predicted molar refractivity (Wildman–Crippen MR) is 95.7 cm³/mol. The number of aliphatic carboxylic acids is 1. The number of nitrogens with one attached hydrogen (secondary N) is 1. The number of benzene rings is 1. The second-order valence-corrected chi connectivity index (χ2v) is 5.59. The zero-order valence-electron chi connectivity index (χ0n) is 13.9. The Morgan fingerprint density at radius 3 is 2.56 bits per heavy atom. The molecule has 0 aliphatic heterocycles. The average Bonchev–Trinajstić information content (AvgIpc) is 3.08. The van der Waals surface area contributed by atoms with E-state index < -0.39 is 18.4 Å². The Bertz CT molecular complexity index is 975. The highest BCUT2D eigenvalue weighted by Crippen LogP contribution is 2.24. The lowest BCUT2D eigenvalue weighted by atomic mass is 10.1. The zero-order chi connectivity index (χ0) is 18.7. The standard InChI is InChI=1S/C17H15FN4O4.ClH/c18-11-4-1-10(2-5-11)3-6-12-7-13(23)15(16-20-9-21-22(12)16)17(26)19-8-14(24)25;/h1-2,4-5,7,9,23H,3,6,8H2,(H,19,26)(H,24,25);1H. The van der Waals surface area contributed by atoms with Gasteiger partial charge < -0.3 is 15.5 Å². The molecule has 3 aromatic rings. The van der Waals surface area contributed by atoms with Crippen molar-refractivity contribution in [2.75, 3.05) is 6.54 Å². The molecule has 0 aliphatic rings. The Morgan fingerprint density at radius 2 is 1.89 bits per heavy atom. The topological polar surface area (TPSA) is 117 Å². The number of carbonyl (C=O) groups is 2. The number of carboxylic acid groups (broad SMARTS) is 1. The fourth-order valence-corrected chi connectivity index (χ4v) is 2.59. The molecule has 0 bridgehead atoms. The normalized spacial score (nSPS) is 10.4. The van der Waals surface area contributed by atoms with Crippen LogP contribution in [0.2, 0.25) is 0 Å². The number of pyridine rings is 1. The Balaban J connectivity index is 0.00000261. The summed E-state index contributed by atoms with van der Waals surface area (Å²) < 4.78 is 14.4. The number of aryl methyl sites for hydroxylation is 2. The summed E-state index contributed by atoms with van der Waals surface area (Å²) in [6, 6.07) is 7.46. The van der Waals surface area contributed by atoms with E-state index in [1.807, 2.05) is 0 Å². The predicted octanol–water partition coefficient (Wildman–Crippen LogP) is 1.60. The van der Waals surface area contributed by atoms with E-state index in [1.54, 1.807) is 12.1 Å². The lowest BCUT2D eigenvalue weighted by molar-refractivity contribution is -0.135. The van der Waals surface area contributed by atoms with Crippen LogP contribution < -0.4 is 5.32 Å². The zero-order valence-corrected chi connectivity index (χ0v) is 14.7. The van der Waals surface area contributed by atoms with Crippen molar-refractivity contribution in [2.45, 2.75) is 12.8 Å². The number of hydrogen-bond donors (Lipinski definition) is 3. The summed E-state index contributed by atoms with van der Waals surface area (Å²) in [4.78, 5) is 26.7. The van der Waals surface area contributed by atoms with E-state index in [4.69, 9.17) is 5.11 Å². The first kappa shape index (κ1) is 20.1. The Kier molecular flexibility index (Phi) is 6.30. The second-order valence-electron chi connectivity index (χ2n) is 5.59. The van der Waals surface area contributed by atoms with E-state index in [0.717, 1.165) is 5.56 Å². The lowest BCUT2D eigenvalue weighted by Crippen LogP contribution is -2.30. The van der Waals surface area contributed by atoms with Crippen LogP contribution in [0.3, 0.4) is 0 Å². The highest BCUT2D eigenvalue weighted by Gasteiger charge is 2.20. The van der Waals surface area contributed by atoms with Crippen LogP contribution in [-0.4, -0.2) is 43.2 Å². The maximum atomic E-state index is 13.0. The maximum Gasteiger partial charge on any atom is 0.322 e. The number of amides is 1. The van der Waals surface area contributed by atoms with Gasteiger partial charge in [0.2, 0.25) is 0 Å². The number of hydrogen-bond acceptors (Lipinski definition) is 5. The van der Waals surface area contributed by atoms with E-state index in [9.17, 15) is 19.1 Å². The van der Waals surface area contributed by atoms with Gasteiger partial charge in [-0.25, -0.2) is 13.9 Å². The summed E-state index contributed by atoms with van der Waals surface area (Å²) in [7, 11) is 0. The van der Waals surface area contributed by atoms with E-state index >= 15 is 0 Å². The number of carbonyl (C=O) groups excluding carboxylic acids is 1. The van der Waals surface area contributed by atoms with Gasteiger partial charge >= 0.3 is 5.97 Å². The summed E-state index contributed by atoms with van der Waals surface area (Å²) in [5.41, 5.74) is 1.49. The minimum absolute atomic E-state index is 0. The Labute approximate surface area is 159 Å². The van der Waals surface area contributed by atoms with E-state index in [2.05, 4.69) is 15.4 Å². The van der Waals surface area contributed by atoms with Crippen LogP contribution in [-0.2, 0) is 17.6 Å². The van der Waals surface area contributed by atoms with Crippen molar-refractivity contribution in [2.24, 2.45) is 0 Å². The fourth-order valence-electron chi connectivity index (χ4n) is 2.59.